The molecular formula is C16H20BrNOS. The van der Waals surface area contributed by atoms with Crippen molar-refractivity contribution in [2.24, 2.45) is 5.92 Å². The molecule has 108 valence electrons. The van der Waals surface area contributed by atoms with E-state index in [9.17, 15) is 4.79 Å². The molecule has 2 saturated carbocycles. The van der Waals surface area contributed by atoms with Gasteiger partial charge >= 0.3 is 0 Å². The van der Waals surface area contributed by atoms with Crippen molar-refractivity contribution in [2.75, 3.05) is 12.3 Å². The van der Waals surface area contributed by atoms with Gasteiger partial charge in [-0.3, -0.25) is 4.79 Å². The van der Waals surface area contributed by atoms with Crippen molar-refractivity contribution in [3.8, 4) is 0 Å². The van der Waals surface area contributed by atoms with Gasteiger partial charge in [0.1, 0.15) is 0 Å². The zero-order chi connectivity index (χ0) is 13.9. The average Bonchev–Trinajstić information content (AvgIpc) is 3.31. The normalized spacial score (nSPS) is 18.1. The van der Waals surface area contributed by atoms with Crippen molar-refractivity contribution in [2.45, 2.75) is 43.0 Å². The van der Waals surface area contributed by atoms with E-state index in [0.29, 0.717) is 18.4 Å². The van der Waals surface area contributed by atoms with Gasteiger partial charge in [-0.25, -0.2) is 0 Å². The lowest BCUT2D eigenvalue weighted by molar-refractivity contribution is -0.131. The Kier molecular flexibility index (Phi) is 4.72. The molecule has 0 saturated heterocycles. The van der Waals surface area contributed by atoms with Gasteiger partial charge in [-0.2, -0.15) is 0 Å². The van der Waals surface area contributed by atoms with Gasteiger partial charge in [-0.1, -0.05) is 15.9 Å². The van der Waals surface area contributed by atoms with Gasteiger partial charge in [-0.05, 0) is 55.9 Å². The topological polar surface area (TPSA) is 20.3 Å². The van der Waals surface area contributed by atoms with Crippen molar-refractivity contribution in [1.29, 1.82) is 0 Å². The molecule has 20 heavy (non-hydrogen) atoms. The number of benzene rings is 1. The van der Waals surface area contributed by atoms with E-state index in [1.165, 1.54) is 30.6 Å². The second kappa shape index (κ2) is 6.52. The second-order valence-electron chi connectivity index (χ2n) is 5.77. The quantitative estimate of drug-likeness (QED) is 0.679. The first-order chi connectivity index (χ1) is 9.72. The molecule has 0 unspecified atom stereocenters. The Labute approximate surface area is 133 Å². The minimum absolute atomic E-state index is 0.365. The predicted molar refractivity (Wildman–Crippen MR) is 86.9 cm³/mol. The molecule has 2 nitrogen and oxygen atoms in total. The van der Waals surface area contributed by atoms with Crippen LogP contribution in [0.1, 0.15) is 32.1 Å². The van der Waals surface area contributed by atoms with Crippen LogP contribution in [0.25, 0.3) is 0 Å². The van der Waals surface area contributed by atoms with Crippen LogP contribution in [0.4, 0.5) is 0 Å². The number of nitrogens with zero attached hydrogens (tertiary/aromatic N) is 1. The Morgan fingerprint density at radius 1 is 1.20 bits per heavy atom. The van der Waals surface area contributed by atoms with Crippen molar-refractivity contribution >= 4 is 33.6 Å². The van der Waals surface area contributed by atoms with Crippen LogP contribution in [0.15, 0.2) is 33.6 Å². The molecule has 0 atom stereocenters. The summed E-state index contributed by atoms with van der Waals surface area (Å²) in [5, 5.41) is 0. The highest BCUT2D eigenvalue weighted by molar-refractivity contribution is 9.10. The van der Waals surface area contributed by atoms with Crippen molar-refractivity contribution in [3.63, 3.8) is 0 Å². The Balaban J connectivity index is 1.44. The fourth-order valence-corrected chi connectivity index (χ4v) is 3.46. The molecule has 0 aliphatic heterocycles. The van der Waals surface area contributed by atoms with Crippen LogP contribution >= 0.6 is 27.7 Å². The number of halogens is 1. The smallest absolute Gasteiger partial charge is 0.223 e. The number of carbonyl (C=O) groups excluding carboxylic acids is 1. The number of hydrogen-bond acceptors (Lipinski definition) is 2. The number of rotatable bonds is 7. The van der Waals surface area contributed by atoms with Gasteiger partial charge in [-0.15, -0.1) is 11.8 Å². The Morgan fingerprint density at radius 2 is 1.90 bits per heavy atom. The van der Waals surface area contributed by atoms with Crippen LogP contribution in [0, 0.1) is 5.92 Å². The lowest BCUT2D eigenvalue weighted by atomic mass is 10.3. The van der Waals surface area contributed by atoms with Crippen molar-refractivity contribution < 1.29 is 4.79 Å². The summed E-state index contributed by atoms with van der Waals surface area (Å²) >= 11 is 5.21. The Hall–Kier alpha value is -0.480. The summed E-state index contributed by atoms with van der Waals surface area (Å²) in [5.74, 6) is 2.05. The lowest BCUT2D eigenvalue weighted by Gasteiger charge is -2.22. The summed E-state index contributed by atoms with van der Waals surface area (Å²) in [6, 6.07) is 8.87. The minimum atomic E-state index is 0.365. The van der Waals surface area contributed by atoms with Crippen molar-refractivity contribution in [3.05, 3.63) is 28.7 Å². The summed E-state index contributed by atoms with van der Waals surface area (Å²) in [5.41, 5.74) is 0. The van der Waals surface area contributed by atoms with E-state index >= 15 is 0 Å². The highest BCUT2D eigenvalue weighted by Gasteiger charge is 2.35. The molecule has 0 N–H and O–H groups in total. The lowest BCUT2D eigenvalue weighted by Crippen LogP contribution is -2.35. The van der Waals surface area contributed by atoms with E-state index in [1.807, 2.05) is 12.1 Å². The van der Waals surface area contributed by atoms with Gasteiger partial charge in [0.15, 0.2) is 0 Å². The molecule has 4 heteroatoms. The zero-order valence-electron chi connectivity index (χ0n) is 11.6. The molecule has 0 radical (unpaired) electrons. The van der Waals surface area contributed by atoms with Crippen molar-refractivity contribution in [1.82, 2.24) is 4.90 Å². The van der Waals surface area contributed by atoms with E-state index in [-0.39, 0.29) is 0 Å². The first-order valence-electron chi connectivity index (χ1n) is 7.40. The van der Waals surface area contributed by atoms with Crippen LogP contribution in [-0.2, 0) is 4.79 Å². The molecule has 3 rings (SSSR count). The highest BCUT2D eigenvalue weighted by Crippen LogP contribution is 2.35. The molecule has 2 fully saturated rings. The summed E-state index contributed by atoms with van der Waals surface area (Å²) in [6.07, 6.45) is 5.76. The van der Waals surface area contributed by atoms with Gasteiger partial charge in [0.2, 0.25) is 5.91 Å². The third kappa shape index (κ3) is 4.26. The zero-order valence-corrected chi connectivity index (χ0v) is 14.0. The molecular weight excluding hydrogens is 334 g/mol. The minimum Gasteiger partial charge on any atom is -0.339 e. The van der Waals surface area contributed by atoms with Gasteiger partial charge in [0, 0.05) is 34.1 Å². The molecule has 0 bridgehead atoms. The van der Waals surface area contributed by atoms with Crippen LogP contribution < -0.4 is 0 Å². The molecule has 1 amide bonds. The summed E-state index contributed by atoms with van der Waals surface area (Å²) in [7, 11) is 0. The van der Waals surface area contributed by atoms with E-state index in [1.54, 1.807) is 11.8 Å². The molecule has 0 heterocycles. The maximum atomic E-state index is 12.3. The van der Waals surface area contributed by atoms with Crippen LogP contribution in [-0.4, -0.2) is 29.1 Å². The maximum absolute atomic E-state index is 12.3. The average molecular weight is 354 g/mol. The molecule has 2 aliphatic carbocycles. The molecule has 1 aromatic rings. The maximum Gasteiger partial charge on any atom is 0.223 e. The monoisotopic (exact) mass is 353 g/mol. The van der Waals surface area contributed by atoms with E-state index < -0.39 is 0 Å². The summed E-state index contributed by atoms with van der Waals surface area (Å²) < 4.78 is 1.10. The SMILES string of the molecule is O=C(CCSc1ccc(Br)cc1)N(CC1CC1)C1CC1. The van der Waals surface area contributed by atoms with Crippen LogP contribution in [0.5, 0.6) is 0 Å². The van der Waals surface area contributed by atoms with Crippen LogP contribution in [0.3, 0.4) is 0 Å². The molecule has 2 aliphatic rings. The number of carbonyl (C=O) groups is 1. The molecule has 0 spiro atoms. The third-order valence-corrected chi connectivity index (χ3v) is 5.40. The Bertz CT molecular complexity index is 468. The second-order valence-corrected chi connectivity index (χ2v) is 7.86. The number of amides is 1. The van der Waals surface area contributed by atoms with E-state index in [2.05, 4.69) is 33.0 Å². The highest BCUT2D eigenvalue weighted by atomic mass is 79.9. The molecule has 0 aromatic heterocycles. The first-order valence-corrected chi connectivity index (χ1v) is 9.18. The van der Waals surface area contributed by atoms with Gasteiger partial charge in [0.25, 0.3) is 0 Å². The molecule has 1 aromatic carbocycles. The largest absolute Gasteiger partial charge is 0.339 e. The Morgan fingerprint density at radius 3 is 2.50 bits per heavy atom. The van der Waals surface area contributed by atoms with Gasteiger partial charge < -0.3 is 4.90 Å². The fourth-order valence-electron chi connectivity index (χ4n) is 2.35. The van der Waals surface area contributed by atoms with E-state index in [4.69, 9.17) is 0 Å². The summed E-state index contributed by atoms with van der Waals surface area (Å²) in [4.78, 5) is 15.7. The fraction of sp³-hybridized carbons (Fsp3) is 0.562. The number of hydrogen-bond donors (Lipinski definition) is 0. The van der Waals surface area contributed by atoms with Gasteiger partial charge in [0.05, 0.1) is 0 Å². The standard InChI is InChI=1S/C16H20BrNOS/c17-13-3-7-15(8-4-13)20-10-9-16(19)18(14-5-6-14)11-12-1-2-12/h3-4,7-8,12,14H,1-2,5-6,9-11H2. The number of thioether (sulfide) groups is 1. The third-order valence-electron chi connectivity index (χ3n) is 3.86. The van der Waals surface area contributed by atoms with Crippen LogP contribution in [0.2, 0.25) is 0 Å². The first kappa shape index (κ1) is 14.5. The van der Waals surface area contributed by atoms with E-state index in [0.717, 1.165) is 22.7 Å². The summed E-state index contributed by atoms with van der Waals surface area (Å²) in [6.45, 7) is 1.02. The predicted octanol–water partition coefficient (Wildman–Crippen LogP) is 4.33.